The molecule has 1 N–H and O–H groups in total. The third kappa shape index (κ3) is 4.18. The fraction of sp³-hybridized carbons (Fsp3) is 0.286. The summed E-state index contributed by atoms with van der Waals surface area (Å²) in [6.45, 7) is 0.137. The largest absolute Gasteiger partial charge is 0.452 e. The van der Waals surface area contributed by atoms with E-state index >= 15 is 0 Å². The van der Waals surface area contributed by atoms with Crippen molar-refractivity contribution in [1.29, 1.82) is 0 Å². The molecule has 1 aromatic heterocycles. The molecule has 3 heterocycles. The molecule has 3 aromatic rings. The van der Waals surface area contributed by atoms with Gasteiger partial charge in [-0.1, -0.05) is 12.5 Å². The third-order valence-corrected chi connectivity index (χ3v) is 7.35. The van der Waals surface area contributed by atoms with Crippen LogP contribution in [0.2, 0.25) is 0 Å². The molecule has 2 aromatic carbocycles. The number of nitrogens with one attached hydrogen (secondary N) is 1. The normalized spacial score (nSPS) is 16.8. The topological polar surface area (TPSA) is 131 Å². The quantitative estimate of drug-likeness (QED) is 0.558. The molecule has 1 saturated heterocycles. The smallest absolute Gasteiger partial charge is 0.338 e. The molecule has 5 rings (SSSR count). The average molecular weight is 486 g/mol. The summed E-state index contributed by atoms with van der Waals surface area (Å²) in [5, 5.41) is 2.65. The van der Waals surface area contributed by atoms with Crippen LogP contribution in [0.3, 0.4) is 0 Å². The van der Waals surface area contributed by atoms with Crippen LogP contribution < -0.4 is 10.2 Å². The van der Waals surface area contributed by atoms with Crippen LogP contribution in [0, 0.1) is 0 Å². The van der Waals surface area contributed by atoms with Gasteiger partial charge in [-0.05, 0) is 43.2 Å². The Morgan fingerprint density at radius 3 is 2.88 bits per heavy atom. The van der Waals surface area contributed by atoms with E-state index in [-0.39, 0.29) is 10.5 Å². The minimum Gasteiger partial charge on any atom is -0.452 e. The van der Waals surface area contributed by atoms with Crippen molar-refractivity contribution in [1.82, 2.24) is 8.75 Å². The zero-order valence-electron chi connectivity index (χ0n) is 17.4. The summed E-state index contributed by atoms with van der Waals surface area (Å²) in [6, 6.07) is 9.55. The summed E-state index contributed by atoms with van der Waals surface area (Å²) in [4.78, 5) is 26.7. The minimum absolute atomic E-state index is 0.0319. The van der Waals surface area contributed by atoms with Crippen molar-refractivity contribution in [3.05, 3.63) is 42.0 Å². The number of hydrogen-bond acceptors (Lipinski definition) is 9. The summed E-state index contributed by atoms with van der Waals surface area (Å²) in [7, 11) is -3.92. The van der Waals surface area contributed by atoms with Gasteiger partial charge in [0.1, 0.15) is 21.8 Å². The molecule has 0 aliphatic carbocycles. The first-order valence-corrected chi connectivity index (χ1v) is 12.5. The van der Waals surface area contributed by atoms with E-state index in [1.54, 1.807) is 24.3 Å². The second kappa shape index (κ2) is 8.52. The van der Waals surface area contributed by atoms with E-state index in [1.807, 2.05) is 4.90 Å². The number of aromatic nitrogens is 2. The maximum Gasteiger partial charge on any atom is 0.338 e. The highest BCUT2D eigenvalue weighted by molar-refractivity contribution is 7.90. The van der Waals surface area contributed by atoms with Gasteiger partial charge in [-0.15, -0.1) is 4.40 Å². The number of amides is 1. The number of carbonyl (C=O) groups excluding carboxylic acids is 2. The van der Waals surface area contributed by atoms with Gasteiger partial charge in [0.05, 0.1) is 28.7 Å². The highest BCUT2D eigenvalue weighted by atomic mass is 32.2. The molecule has 33 heavy (non-hydrogen) atoms. The molecule has 170 valence electrons. The van der Waals surface area contributed by atoms with Crippen molar-refractivity contribution in [2.45, 2.75) is 30.6 Å². The fourth-order valence-corrected chi connectivity index (χ4v) is 5.75. The maximum atomic E-state index is 12.7. The summed E-state index contributed by atoms with van der Waals surface area (Å²) in [6.07, 6.45) is 3.43. The van der Waals surface area contributed by atoms with Crippen LogP contribution in [0.1, 0.15) is 36.0 Å². The van der Waals surface area contributed by atoms with Gasteiger partial charge in [-0.3, -0.25) is 4.79 Å². The van der Waals surface area contributed by atoms with Gasteiger partial charge in [0.2, 0.25) is 0 Å². The van der Waals surface area contributed by atoms with Crippen molar-refractivity contribution < 1.29 is 22.7 Å². The number of rotatable bonds is 4. The predicted molar refractivity (Wildman–Crippen MR) is 123 cm³/mol. The number of ether oxygens (including phenoxy) is 1. The van der Waals surface area contributed by atoms with Crippen molar-refractivity contribution in [2.75, 3.05) is 23.4 Å². The molecule has 0 bridgehead atoms. The zero-order chi connectivity index (χ0) is 23.0. The molecule has 0 atom stereocenters. The van der Waals surface area contributed by atoms with E-state index in [2.05, 4.69) is 18.5 Å². The van der Waals surface area contributed by atoms with E-state index in [0.29, 0.717) is 41.2 Å². The zero-order valence-corrected chi connectivity index (χ0v) is 19.0. The van der Waals surface area contributed by atoms with Gasteiger partial charge < -0.3 is 15.0 Å². The lowest BCUT2D eigenvalue weighted by Crippen LogP contribution is -2.35. The number of benzene rings is 2. The molecular weight excluding hydrogens is 466 g/mol. The van der Waals surface area contributed by atoms with Gasteiger partial charge in [-0.25, -0.2) is 4.79 Å². The van der Waals surface area contributed by atoms with Crippen LogP contribution in [0.4, 0.5) is 11.4 Å². The second-order valence-electron chi connectivity index (χ2n) is 7.69. The van der Waals surface area contributed by atoms with E-state index < -0.39 is 28.5 Å². The molecule has 0 saturated carbocycles. The number of esters is 1. The van der Waals surface area contributed by atoms with Gasteiger partial charge >= 0.3 is 5.97 Å². The molecule has 2 aliphatic heterocycles. The lowest BCUT2D eigenvalue weighted by Gasteiger charge is -2.29. The Balaban J connectivity index is 1.30. The Labute approximate surface area is 193 Å². The minimum atomic E-state index is -3.92. The van der Waals surface area contributed by atoms with E-state index in [9.17, 15) is 18.0 Å². The Kier molecular flexibility index (Phi) is 5.54. The van der Waals surface area contributed by atoms with Crippen LogP contribution in [-0.2, 0) is 19.6 Å². The van der Waals surface area contributed by atoms with E-state index in [0.717, 1.165) is 31.0 Å². The summed E-state index contributed by atoms with van der Waals surface area (Å²) in [5.41, 5.74) is 2.22. The van der Waals surface area contributed by atoms with Crippen LogP contribution in [0.5, 0.6) is 0 Å². The summed E-state index contributed by atoms with van der Waals surface area (Å²) >= 11 is 1.03. The van der Waals surface area contributed by atoms with Crippen molar-refractivity contribution in [3.8, 4) is 0 Å². The van der Waals surface area contributed by atoms with Gasteiger partial charge in [0.15, 0.2) is 6.61 Å². The number of sulfonamides is 1. The average Bonchev–Trinajstić information content (AvgIpc) is 3.17. The van der Waals surface area contributed by atoms with Crippen LogP contribution in [-0.4, -0.2) is 48.0 Å². The Morgan fingerprint density at radius 1 is 1.12 bits per heavy atom. The molecule has 0 radical (unpaired) electrons. The number of nitrogens with zero attached hydrogens (tertiary/aromatic N) is 4. The molecule has 1 fully saturated rings. The first-order chi connectivity index (χ1) is 15.9. The lowest BCUT2D eigenvalue weighted by atomic mass is 10.2. The SMILES string of the molecule is O=C(COC(=O)c1ccc2c(c1)S(=O)(=O)N=C1CCCCCN12)Nc1cccc2nsnc12. The Hall–Kier alpha value is -3.38. The highest BCUT2D eigenvalue weighted by Crippen LogP contribution is 2.35. The Morgan fingerprint density at radius 2 is 2.00 bits per heavy atom. The Bertz CT molecular complexity index is 1400. The monoisotopic (exact) mass is 485 g/mol. The van der Waals surface area contributed by atoms with Gasteiger partial charge in [-0.2, -0.15) is 17.2 Å². The van der Waals surface area contributed by atoms with Crippen molar-refractivity contribution in [2.24, 2.45) is 4.40 Å². The van der Waals surface area contributed by atoms with Gasteiger partial charge in [0, 0.05) is 13.0 Å². The standard InChI is InChI=1S/C21H19N5O5S2/c27-19(22-14-5-4-6-15-20(14)24-32-23-15)12-31-21(28)13-8-9-16-17(11-13)33(29,30)25-18-7-2-1-3-10-26(16)18/h4-6,8-9,11H,1-3,7,10,12H2,(H,22,27). The molecular formula is C21H19N5O5S2. The van der Waals surface area contributed by atoms with Crippen LogP contribution >= 0.6 is 11.7 Å². The van der Waals surface area contributed by atoms with E-state index in [4.69, 9.17) is 4.74 Å². The molecule has 1 amide bonds. The van der Waals surface area contributed by atoms with Crippen LogP contribution in [0.15, 0.2) is 45.7 Å². The summed E-state index contributed by atoms with van der Waals surface area (Å²) in [5.74, 6) is -0.812. The first kappa shape index (κ1) is 21.5. The molecule has 0 unspecified atom stereocenters. The predicted octanol–water partition coefficient (Wildman–Crippen LogP) is 2.97. The van der Waals surface area contributed by atoms with E-state index in [1.165, 1.54) is 12.1 Å². The molecule has 12 heteroatoms. The highest BCUT2D eigenvalue weighted by Gasteiger charge is 2.32. The number of amidine groups is 1. The van der Waals surface area contributed by atoms with Crippen LogP contribution in [0.25, 0.3) is 11.0 Å². The molecule has 2 aliphatic rings. The number of hydrogen-bond donors (Lipinski definition) is 1. The number of anilines is 2. The molecule has 10 nitrogen and oxygen atoms in total. The first-order valence-electron chi connectivity index (χ1n) is 10.4. The number of fused-ring (bicyclic) bond motifs is 4. The molecule has 0 spiro atoms. The van der Waals surface area contributed by atoms with Crippen molar-refractivity contribution >= 4 is 61.9 Å². The maximum absolute atomic E-state index is 12.7. The third-order valence-electron chi connectivity index (χ3n) is 5.48. The summed E-state index contributed by atoms with van der Waals surface area (Å²) < 4.78 is 42.8. The van der Waals surface area contributed by atoms with Crippen molar-refractivity contribution in [3.63, 3.8) is 0 Å². The number of carbonyl (C=O) groups is 2. The second-order valence-corrected chi connectivity index (χ2v) is 9.79. The van der Waals surface area contributed by atoms with Gasteiger partial charge in [0.25, 0.3) is 15.9 Å². The lowest BCUT2D eigenvalue weighted by molar-refractivity contribution is -0.119. The fourth-order valence-electron chi connectivity index (χ4n) is 3.91.